The first-order chi connectivity index (χ1) is 7.54. The third-order valence-electron chi connectivity index (χ3n) is 2.32. The summed E-state index contributed by atoms with van der Waals surface area (Å²) in [7, 11) is 0. The Hall–Kier alpha value is -1.40. The van der Waals surface area contributed by atoms with Gasteiger partial charge in [0.1, 0.15) is 0 Å². The van der Waals surface area contributed by atoms with E-state index in [9.17, 15) is 4.79 Å². The third kappa shape index (κ3) is 3.32. The van der Waals surface area contributed by atoms with Crippen molar-refractivity contribution in [1.29, 1.82) is 0 Å². The summed E-state index contributed by atoms with van der Waals surface area (Å²) in [4.78, 5) is 10.5. The molecule has 1 rings (SSSR count). The second-order valence-electron chi connectivity index (χ2n) is 3.90. The van der Waals surface area contributed by atoms with Crippen LogP contribution in [0.1, 0.15) is 30.1 Å². The molecule has 0 aliphatic rings. The van der Waals surface area contributed by atoms with Crippen LogP contribution in [0, 0.1) is 5.92 Å². The number of nitrogens with one attached hydrogen (secondary N) is 1. The molecule has 0 radical (unpaired) electrons. The monoisotopic (exact) mass is 228 g/mol. The molecule has 6 heteroatoms. The van der Waals surface area contributed by atoms with Crippen molar-refractivity contribution in [3.63, 3.8) is 0 Å². The lowest BCUT2D eigenvalue weighted by Gasteiger charge is -2.18. The summed E-state index contributed by atoms with van der Waals surface area (Å²) in [6, 6.07) is 1.32. The maximum absolute atomic E-state index is 10.5. The van der Waals surface area contributed by atoms with E-state index in [1.165, 1.54) is 6.07 Å². The third-order valence-corrected chi connectivity index (χ3v) is 2.32. The maximum atomic E-state index is 10.5. The number of aromatic nitrogens is 1. The fraction of sp³-hybridized carbons (Fsp3) is 0.600. The van der Waals surface area contributed by atoms with E-state index >= 15 is 0 Å². The lowest BCUT2D eigenvalue weighted by molar-refractivity contribution is 0.0685. The number of rotatable bonds is 6. The minimum atomic E-state index is -1.11. The van der Waals surface area contributed by atoms with E-state index < -0.39 is 5.97 Å². The van der Waals surface area contributed by atoms with Crippen LogP contribution in [0.15, 0.2) is 10.6 Å². The lowest BCUT2D eigenvalue weighted by atomic mass is 10.1. The highest BCUT2D eigenvalue weighted by Gasteiger charge is 2.14. The fourth-order valence-electron chi connectivity index (χ4n) is 1.24. The molecule has 0 saturated heterocycles. The van der Waals surface area contributed by atoms with Gasteiger partial charge in [0.05, 0.1) is 13.2 Å². The summed E-state index contributed by atoms with van der Waals surface area (Å²) in [6.07, 6.45) is 0. The first kappa shape index (κ1) is 12.7. The highest BCUT2D eigenvalue weighted by atomic mass is 16.5. The molecule has 0 aliphatic heterocycles. The van der Waals surface area contributed by atoms with E-state index in [1.807, 2.05) is 13.8 Å². The number of nitrogens with zero attached hydrogens (tertiary/aromatic N) is 1. The molecule has 1 aromatic heterocycles. The molecule has 3 N–H and O–H groups in total. The van der Waals surface area contributed by atoms with E-state index in [2.05, 4.69) is 10.5 Å². The molecule has 6 nitrogen and oxygen atoms in total. The highest BCUT2D eigenvalue weighted by Crippen LogP contribution is 2.06. The van der Waals surface area contributed by atoms with Crippen LogP contribution in [0.3, 0.4) is 0 Å². The minimum absolute atomic E-state index is 0.0254. The zero-order valence-electron chi connectivity index (χ0n) is 9.30. The van der Waals surface area contributed by atoms with Gasteiger partial charge in [-0.3, -0.25) is 0 Å². The van der Waals surface area contributed by atoms with Crippen molar-refractivity contribution in [3.05, 3.63) is 17.5 Å². The zero-order valence-corrected chi connectivity index (χ0v) is 9.30. The summed E-state index contributed by atoms with van der Waals surface area (Å²) in [5.74, 6) is -0.388. The van der Waals surface area contributed by atoms with Crippen molar-refractivity contribution in [2.24, 2.45) is 5.92 Å². The predicted octanol–water partition coefficient (Wildman–Crippen LogP) is 0.479. The fourth-order valence-corrected chi connectivity index (χ4v) is 1.24. The Balaban J connectivity index is 2.50. The number of aliphatic hydroxyl groups excluding tert-OH is 1. The van der Waals surface area contributed by atoms with E-state index in [1.54, 1.807) is 0 Å². The van der Waals surface area contributed by atoms with Crippen molar-refractivity contribution in [2.75, 3.05) is 6.61 Å². The van der Waals surface area contributed by atoms with Gasteiger partial charge in [0.25, 0.3) is 0 Å². The molecule has 0 aromatic carbocycles. The topological polar surface area (TPSA) is 95.6 Å². The first-order valence-electron chi connectivity index (χ1n) is 5.07. The molecule has 16 heavy (non-hydrogen) atoms. The molecule has 90 valence electrons. The molecule has 0 bridgehead atoms. The van der Waals surface area contributed by atoms with Crippen LogP contribution in [-0.4, -0.2) is 34.0 Å². The van der Waals surface area contributed by atoms with Crippen LogP contribution >= 0.6 is 0 Å². The Labute approximate surface area is 93.3 Å². The summed E-state index contributed by atoms with van der Waals surface area (Å²) in [5.41, 5.74) is -0.109. The average Bonchev–Trinajstić information content (AvgIpc) is 2.67. The van der Waals surface area contributed by atoms with Crippen LogP contribution in [0.5, 0.6) is 0 Å². The minimum Gasteiger partial charge on any atom is -0.476 e. The van der Waals surface area contributed by atoms with Crippen molar-refractivity contribution >= 4 is 5.97 Å². The molecule has 1 unspecified atom stereocenters. The van der Waals surface area contributed by atoms with Crippen LogP contribution < -0.4 is 5.32 Å². The van der Waals surface area contributed by atoms with Gasteiger partial charge < -0.3 is 20.1 Å². The van der Waals surface area contributed by atoms with Gasteiger partial charge >= 0.3 is 5.97 Å². The Bertz CT molecular complexity index is 348. The largest absolute Gasteiger partial charge is 0.476 e. The van der Waals surface area contributed by atoms with Crippen molar-refractivity contribution in [3.8, 4) is 0 Å². The van der Waals surface area contributed by atoms with E-state index in [0.717, 1.165) is 0 Å². The summed E-state index contributed by atoms with van der Waals surface area (Å²) in [5, 5.41) is 24.1. The molecule has 0 fully saturated rings. The van der Waals surface area contributed by atoms with Gasteiger partial charge in [0.2, 0.25) is 0 Å². The Morgan fingerprint density at radius 1 is 1.62 bits per heavy atom. The van der Waals surface area contributed by atoms with Gasteiger partial charge in [0.15, 0.2) is 11.5 Å². The van der Waals surface area contributed by atoms with Gasteiger partial charge in [-0.05, 0) is 5.92 Å². The van der Waals surface area contributed by atoms with Crippen molar-refractivity contribution in [2.45, 2.75) is 26.4 Å². The molecule has 1 atom stereocenters. The zero-order chi connectivity index (χ0) is 12.1. The predicted molar refractivity (Wildman–Crippen MR) is 56.0 cm³/mol. The van der Waals surface area contributed by atoms with E-state index in [-0.39, 0.29) is 24.3 Å². The Morgan fingerprint density at radius 3 is 2.75 bits per heavy atom. The van der Waals surface area contributed by atoms with Crippen LogP contribution in [0.4, 0.5) is 0 Å². The normalized spacial score (nSPS) is 13.0. The standard InChI is InChI=1S/C10H16N2O4/c1-6(2)9(5-13)11-4-7-3-8(10(14)15)12-16-7/h3,6,9,11,13H,4-5H2,1-2H3,(H,14,15). The Morgan fingerprint density at radius 2 is 2.31 bits per heavy atom. The van der Waals surface area contributed by atoms with E-state index in [4.69, 9.17) is 14.7 Å². The molecule has 0 saturated carbocycles. The number of carbonyl (C=O) groups is 1. The Kier molecular flexibility index (Phi) is 4.45. The second kappa shape index (κ2) is 5.62. The van der Waals surface area contributed by atoms with Crippen molar-refractivity contribution < 1.29 is 19.5 Å². The number of carboxylic acids is 1. The van der Waals surface area contributed by atoms with E-state index in [0.29, 0.717) is 12.3 Å². The average molecular weight is 228 g/mol. The second-order valence-corrected chi connectivity index (χ2v) is 3.90. The number of hydrogen-bond acceptors (Lipinski definition) is 5. The molecular formula is C10H16N2O4. The van der Waals surface area contributed by atoms with Crippen LogP contribution in [-0.2, 0) is 6.54 Å². The number of carboxylic acid groups (broad SMARTS) is 1. The first-order valence-corrected chi connectivity index (χ1v) is 5.07. The van der Waals surface area contributed by atoms with Gasteiger partial charge in [-0.25, -0.2) is 4.79 Å². The molecule has 0 amide bonds. The van der Waals surface area contributed by atoms with Gasteiger partial charge in [-0.2, -0.15) is 0 Å². The number of aliphatic hydroxyl groups is 1. The molecule has 1 heterocycles. The van der Waals surface area contributed by atoms with Crippen molar-refractivity contribution in [1.82, 2.24) is 10.5 Å². The van der Waals surface area contributed by atoms with Crippen LogP contribution in [0.2, 0.25) is 0 Å². The summed E-state index contributed by atoms with van der Waals surface area (Å²) < 4.78 is 4.83. The quantitative estimate of drug-likeness (QED) is 0.655. The molecular weight excluding hydrogens is 212 g/mol. The number of hydrogen-bond donors (Lipinski definition) is 3. The molecule has 0 aliphatic carbocycles. The summed E-state index contributed by atoms with van der Waals surface area (Å²) in [6.45, 7) is 4.34. The molecule has 0 spiro atoms. The highest BCUT2D eigenvalue weighted by molar-refractivity contribution is 5.85. The SMILES string of the molecule is CC(C)C(CO)NCc1cc(C(=O)O)no1. The maximum Gasteiger partial charge on any atom is 0.358 e. The smallest absolute Gasteiger partial charge is 0.358 e. The molecule has 1 aromatic rings. The van der Waals surface area contributed by atoms with Crippen LogP contribution in [0.25, 0.3) is 0 Å². The van der Waals surface area contributed by atoms with Gasteiger partial charge in [0, 0.05) is 12.1 Å². The number of aromatic carboxylic acids is 1. The lowest BCUT2D eigenvalue weighted by Crippen LogP contribution is -2.36. The van der Waals surface area contributed by atoms with Gasteiger partial charge in [-0.15, -0.1) is 0 Å². The van der Waals surface area contributed by atoms with Gasteiger partial charge in [-0.1, -0.05) is 19.0 Å². The summed E-state index contributed by atoms with van der Waals surface area (Å²) >= 11 is 0.